The van der Waals surface area contributed by atoms with Crippen molar-refractivity contribution >= 4 is 0 Å². The summed E-state index contributed by atoms with van der Waals surface area (Å²) in [6.07, 6.45) is 0. The Balaban J connectivity index is 1.82. The standard InChI is InChI=1S/C15H22N2O3/c1-10-7-17(11(2)6-16-10)8-12-4-14-15(20-9-19-14)5-13(12)18-3/h4-5,10-11,16H,6-9H2,1-3H3. The molecule has 20 heavy (non-hydrogen) atoms. The topological polar surface area (TPSA) is 43.0 Å². The molecule has 110 valence electrons. The van der Waals surface area contributed by atoms with Gasteiger partial charge >= 0.3 is 0 Å². The number of nitrogens with one attached hydrogen (secondary N) is 1. The van der Waals surface area contributed by atoms with Crippen LogP contribution in [0.3, 0.4) is 0 Å². The van der Waals surface area contributed by atoms with E-state index >= 15 is 0 Å². The van der Waals surface area contributed by atoms with E-state index in [4.69, 9.17) is 14.2 Å². The lowest BCUT2D eigenvalue weighted by atomic mass is 10.1. The Bertz CT molecular complexity index is 492. The van der Waals surface area contributed by atoms with Crippen molar-refractivity contribution in [2.75, 3.05) is 27.0 Å². The van der Waals surface area contributed by atoms with Gasteiger partial charge in [-0.05, 0) is 19.9 Å². The number of nitrogens with zero attached hydrogens (tertiary/aromatic N) is 1. The summed E-state index contributed by atoms with van der Waals surface area (Å²) >= 11 is 0. The molecular weight excluding hydrogens is 256 g/mol. The molecule has 0 bridgehead atoms. The van der Waals surface area contributed by atoms with Crippen LogP contribution in [0.4, 0.5) is 0 Å². The number of benzene rings is 1. The zero-order valence-electron chi connectivity index (χ0n) is 12.3. The van der Waals surface area contributed by atoms with Gasteiger partial charge in [0.25, 0.3) is 0 Å². The van der Waals surface area contributed by atoms with Gasteiger partial charge < -0.3 is 19.5 Å². The maximum absolute atomic E-state index is 5.50. The van der Waals surface area contributed by atoms with Gasteiger partial charge in [-0.15, -0.1) is 0 Å². The second-order valence-electron chi connectivity index (χ2n) is 5.61. The van der Waals surface area contributed by atoms with E-state index in [9.17, 15) is 0 Å². The van der Waals surface area contributed by atoms with Gasteiger partial charge in [-0.3, -0.25) is 4.90 Å². The fourth-order valence-corrected chi connectivity index (χ4v) is 2.82. The van der Waals surface area contributed by atoms with E-state index in [2.05, 4.69) is 24.1 Å². The maximum atomic E-state index is 5.50. The van der Waals surface area contributed by atoms with Crippen molar-refractivity contribution in [3.8, 4) is 17.2 Å². The van der Waals surface area contributed by atoms with Gasteiger partial charge in [0.2, 0.25) is 6.79 Å². The summed E-state index contributed by atoms with van der Waals surface area (Å²) in [7, 11) is 1.70. The van der Waals surface area contributed by atoms with Crippen LogP contribution in [0.1, 0.15) is 19.4 Å². The number of hydrogen-bond acceptors (Lipinski definition) is 5. The molecule has 1 N–H and O–H groups in total. The van der Waals surface area contributed by atoms with Crippen LogP contribution in [0.5, 0.6) is 17.2 Å². The van der Waals surface area contributed by atoms with Gasteiger partial charge in [-0.25, -0.2) is 0 Å². The number of piperazine rings is 1. The fourth-order valence-electron chi connectivity index (χ4n) is 2.82. The Morgan fingerprint density at radius 1 is 1.30 bits per heavy atom. The Labute approximate surface area is 119 Å². The predicted molar refractivity (Wildman–Crippen MR) is 76.5 cm³/mol. The van der Waals surface area contributed by atoms with Crippen LogP contribution in [0, 0.1) is 0 Å². The minimum absolute atomic E-state index is 0.295. The zero-order valence-corrected chi connectivity index (χ0v) is 12.3. The molecule has 0 aromatic heterocycles. The zero-order chi connectivity index (χ0) is 14.1. The molecule has 2 aliphatic heterocycles. The average Bonchev–Trinajstić information content (AvgIpc) is 2.89. The van der Waals surface area contributed by atoms with Crippen LogP contribution in [-0.2, 0) is 6.54 Å². The van der Waals surface area contributed by atoms with Gasteiger partial charge in [0.1, 0.15) is 5.75 Å². The fraction of sp³-hybridized carbons (Fsp3) is 0.600. The lowest BCUT2D eigenvalue weighted by Gasteiger charge is -2.37. The molecule has 1 aromatic rings. The minimum atomic E-state index is 0.295. The molecule has 2 heterocycles. The summed E-state index contributed by atoms with van der Waals surface area (Å²) in [4.78, 5) is 2.47. The van der Waals surface area contributed by atoms with Crippen LogP contribution >= 0.6 is 0 Å². The predicted octanol–water partition coefficient (Wildman–Crippen LogP) is 1.61. The summed E-state index contributed by atoms with van der Waals surface area (Å²) in [5, 5.41) is 3.50. The summed E-state index contributed by atoms with van der Waals surface area (Å²) in [6, 6.07) is 5.00. The van der Waals surface area contributed by atoms with Crippen molar-refractivity contribution < 1.29 is 14.2 Å². The maximum Gasteiger partial charge on any atom is 0.231 e. The van der Waals surface area contributed by atoms with Gasteiger partial charge in [0.15, 0.2) is 11.5 Å². The molecule has 1 saturated heterocycles. The van der Waals surface area contributed by atoms with Crippen molar-refractivity contribution in [1.82, 2.24) is 10.2 Å². The first-order chi connectivity index (χ1) is 9.67. The van der Waals surface area contributed by atoms with Crippen molar-refractivity contribution in [3.63, 3.8) is 0 Å². The molecule has 0 saturated carbocycles. The van der Waals surface area contributed by atoms with E-state index in [-0.39, 0.29) is 0 Å². The lowest BCUT2D eigenvalue weighted by Crippen LogP contribution is -2.53. The molecule has 0 radical (unpaired) electrons. The number of ether oxygens (including phenoxy) is 3. The van der Waals surface area contributed by atoms with Crippen molar-refractivity contribution in [3.05, 3.63) is 17.7 Å². The Morgan fingerprint density at radius 2 is 2.05 bits per heavy atom. The lowest BCUT2D eigenvalue weighted by molar-refractivity contribution is 0.137. The third-order valence-electron chi connectivity index (χ3n) is 4.04. The summed E-state index contributed by atoms with van der Waals surface area (Å²) < 4.78 is 16.4. The molecule has 3 rings (SSSR count). The first kappa shape index (κ1) is 13.5. The summed E-state index contributed by atoms with van der Waals surface area (Å²) in [5.41, 5.74) is 1.15. The molecule has 2 atom stereocenters. The second kappa shape index (κ2) is 5.50. The molecule has 2 aliphatic rings. The van der Waals surface area contributed by atoms with E-state index in [1.54, 1.807) is 7.11 Å². The number of rotatable bonds is 3. The Kier molecular flexibility index (Phi) is 3.72. The minimum Gasteiger partial charge on any atom is -0.496 e. The number of hydrogen-bond donors (Lipinski definition) is 1. The Morgan fingerprint density at radius 3 is 2.80 bits per heavy atom. The second-order valence-corrected chi connectivity index (χ2v) is 5.61. The van der Waals surface area contributed by atoms with Gasteiger partial charge in [-0.2, -0.15) is 0 Å². The highest BCUT2D eigenvalue weighted by Crippen LogP contribution is 2.38. The van der Waals surface area contributed by atoms with E-state index in [1.165, 1.54) is 0 Å². The highest BCUT2D eigenvalue weighted by atomic mass is 16.7. The number of methoxy groups -OCH3 is 1. The van der Waals surface area contributed by atoms with Gasteiger partial charge in [-0.1, -0.05) is 0 Å². The summed E-state index contributed by atoms with van der Waals surface area (Å²) in [5.74, 6) is 2.46. The molecule has 0 spiro atoms. The van der Waals surface area contributed by atoms with Crippen LogP contribution < -0.4 is 19.5 Å². The first-order valence-corrected chi connectivity index (χ1v) is 7.11. The van der Waals surface area contributed by atoms with E-state index in [1.807, 2.05) is 12.1 Å². The highest BCUT2D eigenvalue weighted by molar-refractivity contribution is 5.51. The van der Waals surface area contributed by atoms with Crippen molar-refractivity contribution in [2.24, 2.45) is 0 Å². The van der Waals surface area contributed by atoms with Crippen LogP contribution in [0.2, 0.25) is 0 Å². The van der Waals surface area contributed by atoms with E-state index in [0.717, 1.165) is 42.4 Å². The molecule has 1 fully saturated rings. The number of fused-ring (bicyclic) bond motifs is 1. The molecule has 2 unspecified atom stereocenters. The van der Waals surface area contributed by atoms with E-state index < -0.39 is 0 Å². The SMILES string of the molecule is COc1cc2c(cc1CN1CC(C)NCC1C)OCO2. The quantitative estimate of drug-likeness (QED) is 0.910. The van der Waals surface area contributed by atoms with Gasteiger partial charge in [0.05, 0.1) is 7.11 Å². The van der Waals surface area contributed by atoms with Crippen molar-refractivity contribution in [2.45, 2.75) is 32.5 Å². The third-order valence-corrected chi connectivity index (χ3v) is 4.04. The molecule has 1 aromatic carbocycles. The molecule has 0 aliphatic carbocycles. The molecule has 5 heteroatoms. The molecule has 5 nitrogen and oxygen atoms in total. The average molecular weight is 278 g/mol. The largest absolute Gasteiger partial charge is 0.496 e. The summed E-state index contributed by atoms with van der Waals surface area (Å²) in [6.45, 7) is 7.69. The van der Waals surface area contributed by atoms with Crippen LogP contribution in [0.15, 0.2) is 12.1 Å². The van der Waals surface area contributed by atoms with Crippen molar-refractivity contribution in [1.29, 1.82) is 0 Å². The Hall–Kier alpha value is -1.46. The molecular formula is C15H22N2O3. The first-order valence-electron chi connectivity index (χ1n) is 7.11. The van der Waals surface area contributed by atoms with Crippen LogP contribution in [0.25, 0.3) is 0 Å². The molecule has 0 amide bonds. The van der Waals surface area contributed by atoms with E-state index in [0.29, 0.717) is 18.9 Å². The monoisotopic (exact) mass is 278 g/mol. The van der Waals surface area contributed by atoms with Gasteiger partial charge in [0, 0.05) is 43.3 Å². The smallest absolute Gasteiger partial charge is 0.231 e. The third kappa shape index (κ3) is 2.55. The highest BCUT2D eigenvalue weighted by Gasteiger charge is 2.25. The van der Waals surface area contributed by atoms with Crippen LogP contribution in [-0.4, -0.2) is 44.0 Å². The normalized spacial score (nSPS) is 25.8.